The minimum atomic E-state index is -0.294. The van der Waals surface area contributed by atoms with Gasteiger partial charge >= 0.3 is 0 Å². The first-order valence-electron chi connectivity index (χ1n) is 8.01. The van der Waals surface area contributed by atoms with Gasteiger partial charge in [0.05, 0.1) is 13.2 Å². The highest BCUT2D eigenvalue weighted by molar-refractivity contribution is 5.76. The highest BCUT2D eigenvalue weighted by atomic mass is 19.1. The summed E-state index contributed by atoms with van der Waals surface area (Å²) in [6, 6.07) is 12.5. The third-order valence-corrected chi connectivity index (χ3v) is 4.18. The molecular weight excluding hydrogens is 312 g/mol. The van der Waals surface area contributed by atoms with E-state index in [0.29, 0.717) is 32.5 Å². The van der Waals surface area contributed by atoms with Crippen molar-refractivity contribution in [3.05, 3.63) is 71.3 Å². The smallest absolute Gasteiger partial charge is 0.223 e. The van der Waals surface area contributed by atoms with Crippen LogP contribution in [0, 0.1) is 11.6 Å². The summed E-state index contributed by atoms with van der Waals surface area (Å²) in [5, 5.41) is 0. The van der Waals surface area contributed by atoms with E-state index >= 15 is 0 Å². The number of hydrogen-bond donors (Lipinski definition) is 0. The van der Waals surface area contributed by atoms with Crippen LogP contribution in [0.15, 0.2) is 48.5 Å². The zero-order valence-electron chi connectivity index (χ0n) is 13.3. The minimum absolute atomic E-state index is 0.0228. The van der Waals surface area contributed by atoms with E-state index in [1.165, 1.54) is 24.3 Å². The van der Waals surface area contributed by atoms with Crippen LogP contribution in [-0.2, 0) is 16.0 Å². The molecule has 3 rings (SSSR count). The molecule has 3 nitrogen and oxygen atoms in total. The van der Waals surface area contributed by atoms with Crippen molar-refractivity contribution in [2.24, 2.45) is 0 Å². The van der Waals surface area contributed by atoms with E-state index in [0.717, 1.165) is 11.1 Å². The number of carbonyl (C=O) groups is 1. The van der Waals surface area contributed by atoms with Gasteiger partial charge in [-0.15, -0.1) is 0 Å². The fourth-order valence-corrected chi connectivity index (χ4v) is 2.86. The maximum atomic E-state index is 13.2. The predicted molar refractivity (Wildman–Crippen MR) is 86.4 cm³/mol. The molecule has 1 unspecified atom stereocenters. The summed E-state index contributed by atoms with van der Waals surface area (Å²) in [4.78, 5) is 14.2. The minimum Gasteiger partial charge on any atom is -0.370 e. The molecule has 0 N–H and O–H groups in total. The van der Waals surface area contributed by atoms with Gasteiger partial charge in [0, 0.05) is 13.0 Å². The number of amides is 1. The first-order valence-corrected chi connectivity index (χ1v) is 8.01. The van der Waals surface area contributed by atoms with Gasteiger partial charge in [-0.2, -0.15) is 0 Å². The lowest BCUT2D eigenvalue weighted by atomic mass is 10.1. The Morgan fingerprint density at radius 2 is 1.92 bits per heavy atom. The van der Waals surface area contributed by atoms with Gasteiger partial charge in [0.15, 0.2) is 0 Å². The van der Waals surface area contributed by atoms with Crippen molar-refractivity contribution in [1.82, 2.24) is 4.90 Å². The van der Waals surface area contributed by atoms with Crippen LogP contribution in [-0.4, -0.2) is 30.5 Å². The summed E-state index contributed by atoms with van der Waals surface area (Å²) in [7, 11) is 0. The highest BCUT2D eigenvalue weighted by Crippen LogP contribution is 2.23. The number of aryl methyl sites for hydroxylation is 1. The average Bonchev–Trinajstić information content (AvgIpc) is 2.60. The van der Waals surface area contributed by atoms with Crippen molar-refractivity contribution in [3.8, 4) is 0 Å². The molecule has 1 aliphatic rings. The summed E-state index contributed by atoms with van der Waals surface area (Å²) in [6.45, 7) is 1.45. The van der Waals surface area contributed by atoms with Crippen LogP contribution in [0.25, 0.3) is 0 Å². The first kappa shape index (κ1) is 16.6. The van der Waals surface area contributed by atoms with E-state index in [-0.39, 0.29) is 23.6 Å². The molecule has 0 bridgehead atoms. The van der Waals surface area contributed by atoms with E-state index in [2.05, 4.69) is 0 Å². The Kier molecular flexibility index (Phi) is 5.20. The van der Waals surface area contributed by atoms with Crippen LogP contribution in [0.5, 0.6) is 0 Å². The number of ether oxygens (including phenoxy) is 1. The molecule has 0 aromatic heterocycles. The number of nitrogens with zero attached hydrogens (tertiary/aromatic N) is 1. The average molecular weight is 331 g/mol. The van der Waals surface area contributed by atoms with Gasteiger partial charge in [0.2, 0.25) is 5.91 Å². The second-order valence-corrected chi connectivity index (χ2v) is 5.88. The standard InChI is InChI=1S/C19H19F2NO2/c20-16-7-5-15(6-8-16)18-13-22(10-11-24-18)19(23)9-4-14-2-1-3-17(21)12-14/h1-3,5-8,12,18H,4,9-11,13H2. The zero-order valence-corrected chi connectivity index (χ0v) is 13.3. The van der Waals surface area contributed by atoms with Crippen molar-refractivity contribution < 1.29 is 18.3 Å². The molecule has 0 radical (unpaired) electrons. The lowest BCUT2D eigenvalue weighted by Crippen LogP contribution is -2.42. The fourth-order valence-electron chi connectivity index (χ4n) is 2.86. The van der Waals surface area contributed by atoms with Crippen LogP contribution >= 0.6 is 0 Å². The van der Waals surface area contributed by atoms with Crippen LogP contribution in [0.2, 0.25) is 0 Å². The predicted octanol–water partition coefficient (Wildman–Crippen LogP) is 3.50. The van der Waals surface area contributed by atoms with Crippen LogP contribution in [0.3, 0.4) is 0 Å². The molecule has 1 atom stereocenters. The van der Waals surface area contributed by atoms with E-state index < -0.39 is 0 Å². The molecule has 1 fully saturated rings. The molecule has 24 heavy (non-hydrogen) atoms. The summed E-state index contributed by atoms with van der Waals surface area (Å²) < 4.78 is 31.9. The summed E-state index contributed by atoms with van der Waals surface area (Å²) in [5.74, 6) is -0.560. The molecular formula is C19H19F2NO2. The summed E-state index contributed by atoms with van der Waals surface area (Å²) in [6.07, 6.45) is 0.604. The number of hydrogen-bond acceptors (Lipinski definition) is 2. The third kappa shape index (κ3) is 4.17. The van der Waals surface area contributed by atoms with Crippen molar-refractivity contribution in [2.75, 3.05) is 19.7 Å². The highest BCUT2D eigenvalue weighted by Gasteiger charge is 2.25. The van der Waals surface area contributed by atoms with E-state index in [4.69, 9.17) is 4.74 Å². The molecule has 0 spiro atoms. The Bertz CT molecular complexity index is 703. The number of rotatable bonds is 4. The van der Waals surface area contributed by atoms with Gasteiger partial charge in [-0.25, -0.2) is 8.78 Å². The van der Waals surface area contributed by atoms with Crippen molar-refractivity contribution in [2.45, 2.75) is 18.9 Å². The van der Waals surface area contributed by atoms with Crippen molar-refractivity contribution in [3.63, 3.8) is 0 Å². The molecule has 1 heterocycles. The number of benzene rings is 2. The normalized spacial score (nSPS) is 17.8. The van der Waals surface area contributed by atoms with Crippen molar-refractivity contribution in [1.29, 1.82) is 0 Å². The van der Waals surface area contributed by atoms with E-state index in [1.807, 2.05) is 6.07 Å². The second kappa shape index (κ2) is 7.53. The molecule has 0 saturated carbocycles. The van der Waals surface area contributed by atoms with Crippen LogP contribution in [0.1, 0.15) is 23.7 Å². The first-order chi connectivity index (χ1) is 11.6. The lowest BCUT2D eigenvalue weighted by molar-refractivity contribution is -0.139. The van der Waals surface area contributed by atoms with Crippen LogP contribution in [0.4, 0.5) is 8.78 Å². The van der Waals surface area contributed by atoms with Gasteiger partial charge in [-0.1, -0.05) is 24.3 Å². The molecule has 1 saturated heterocycles. The molecule has 2 aromatic carbocycles. The fraction of sp³-hybridized carbons (Fsp3) is 0.316. The summed E-state index contributed by atoms with van der Waals surface area (Å²) >= 11 is 0. The number of halogens is 2. The quantitative estimate of drug-likeness (QED) is 0.858. The summed E-state index contributed by atoms with van der Waals surface area (Å²) in [5.41, 5.74) is 1.67. The van der Waals surface area contributed by atoms with Gasteiger partial charge < -0.3 is 9.64 Å². The molecule has 2 aromatic rings. The molecule has 126 valence electrons. The Hall–Kier alpha value is -2.27. The Balaban J connectivity index is 1.57. The second-order valence-electron chi connectivity index (χ2n) is 5.88. The van der Waals surface area contributed by atoms with Gasteiger partial charge in [-0.05, 0) is 41.8 Å². The number of morpholine rings is 1. The SMILES string of the molecule is O=C(CCc1cccc(F)c1)N1CCOC(c2ccc(F)cc2)C1. The largest absolute Gasteiger partial charge is 0.370 e. The molecule has 5 heteroatoms. The van der Waals surface area contributed by atoms with Gasteiger partial charge in [0.1, 0.15) is 17.7 Å². The topological polar surface area (TPSA) is 29.5 Å². The Morgan fingerprint density at radius 1 is 1.12 bits per heavy atom. The molecule has 0 aliphatic carbocycles. The van der Waals surface area contributed by atoms with Gasteiger partial charge in [-0.3, -0.25) is 4.79 Å². The maximum Gasteiger partial charge on any atom is 0.223 e. The van der Waals surface area contributed by atoms with Crippen LogP contribution < -0.4 is 0 Å². The van der Waals surface area contributed by atoms with Crippen molar-refractivity contribution >= 4 is 5.91 Å². The van der Waals surface area contributed by atoms with E-state index in [9.17, 15) is 13.6 Å². The molecule has 1 amide bonds. The monoisotopic (exact) mass is 331 g/mol. The van der Waals surface area contributed by atoms with Gasteiger partial charge in [0.25, 0.3) is 0 Å². The maximum absolute atomic E-state index is 13.2. The lowest BCUT2D eigenvalue weighted by Gasteiger charge is -2.33. The molecule has 1 aliphatic heterocycles. The Labute approximate surface area is 139 Å². The third-order valence-electron chi connectivity index (χ3n) is 4.18. The Morgan fingerprint density at radius 3 is 2.67 bits per heavy atom. The zero-order chi connectivity index (χ0) is 16.9. The number of carbonyl (C=O) groups excluding carboxylic acids is 1. The van der Waals surface area contributed by atoms with E-state index in [1.54, 1.807) is 23.1 Å².